The van der Waals surface area contributed by atoms with E-state index in [0.29, 0.717) is 0 Å². The molecule has 0 fully saturated rings. The topological polar surface area (TPSA) is 24.1 Å². The van der Waals surface area contributed by atoms with Crippen molar-refractivity contribution in [2.45, 2.75) is 38.4 Å². The number of hydrogen-bond acceptors (Lipinski definition) is 2. The van der Waals surface area contributed by atoms with Crippen LogP contribution in [-0.2, 0) is 0 Å². The molecule has 1 unspecified atom stereocenters. The molecule has 0 aromatic carbocycles. The second-order valence-electron chi connectivity index (χ2n) is 3.97. The molecular weight excluding hydrogens is 164 g/mol. The Bertz CT molecular complexity index is 115. The maximum absolute atomic E-state index is 3.51. The van der Waals surface area contributed by atoms with Crippen LogP contribution in [-0.4, -0.2) is 28.9 Å². The highest BCUT2D eigenvalue weighted by Gasteiger charge is 2.28. The lowest BCUT2D eigenvalue weighted by Crippen LogP contribution is -2.47. The largest absolute Gasteiger partial charge is 0.340 e. The maximum Gasteiger partial charge on any atom is 0.122 e. The summed E-state index contributed by atoms with van der Waals surface area (Å²) in [6.45, 7) is 8.27. The summed E-state index contributed by atoms with van der Waals surface area (Å²) >= 11 is 0. The summed E-state index contributed by atoms with van der Waals surface area (Å²) in [6, 6.07) is 0. The minimum Gasteiger partial charge on any atom is -0.340 e. The Hall–Kier alpha value is 0.137. The normalized spacial score (nSPS) is 14.8. The van der Waals surface area contributed by atoms with E-state index in [1.54, 1.807) is 0 Å². The summed E-state index contributed by atoms with van der Waals surface area (Å²) in [5, 5.41) is 3.22. The van der Waals surface area contributed by atoms with Crippen LogP contribution in [0.4, 0.5) is 0 Å². The van der Waals surface area contributed by atoms with Gasteiger partial charge in [0, 0.05) is 0 Å². The molecule has 0 aliphatic rings. The molecule has 12 heavy (non-hydrogen) atoms. The predicted octanol–water partition coefficient (Wildman–Crippen LogP) is 1.80. The minimum atomic E-state index is -1.13. The Morgan fingerprint density at radius 1 is 1.25 bits per heavy atom. The number of rotatable bonds is 6. The predicted molar refractivity (Wildman–Crippen MR) is 59.1 cm³/mol. The molecule has 3 heteroatoms. The quantitative estimate of drug-likeness (QED) is 0.621. The van der Waals surface area contributed by atoms with Gasteiger partial charge >= 0.3 is 0 Å². The molecule has 0 spiro atoms. The van der Waals surface area contributed by atoms with Gasteiger partial charge in [0.25, 0.3) is 0 Å². The van der Waals surface area contributed by atoms with Gasteiger partial charge in [-0.1, -0.05) is 26.4 Å². The van der Waals surface area contributed by atoms with Crippen molar-refractivity contribution < 1.29 is 0 Å². The second kappa shape index (κ2) is 5.73. The Balaban J connectivity index is 3.95. The van der Waals surface area contributed by atoms with E-state index in [1.165, 1.54) is 12.8 Å². The fourth-order valence-corrected chi connectivity index (χ4v) is 3.89. The molecule has 0 saturated heterocycles. The lowest BCUT2D eigenvalue weighted by atomic mass is 10.2. The molecule has 0 bridgehead atoms. The highest BCUT2D eigenvalue weighted by Crippen LogP contribution is 2.25. The first-order valence-corrected chi connectivity index (χ1v) is 7.99. The van der Waals surface area contributed by atoms with Crippen LogP contribution in [0.25, 0.3) is 0 Å². The van der Waals surface area contributed by atoms with E-state index >= 15 is 0 Å². The molecule has 0 aromatic rings. The van der Waals surface area contributed by atoms with E-state index in [0.717, 1.165) is 12.1 Å². The van der Waals surface area contributed by atoms with E-state index in [2.05, 4.69) is 37.4 Å². The third-order valence-corrected chi connectivity index (χ3v) is 6.93. The molecule has 0 heterocycles. The Kier molecular flexibility index (Phi) is 5.79. The summed E-state index contributed by atoms with van der Waals surface area (Å²) in [5.74, 6) is 0. The molecule has 0 rings (SSSR count). The fourth-order valence-electron chi connectivity index (χ4n) is 1.60. The zero-order valence-corrected chi connectivity index (χ0v) is 10.2. The first kappa shape index (κ1) is 12.1. The van der Waals surface area contributed by atoms with E-state index in [1.807, 2.05) is 7.05 Å². The van der Waals surface area contributed by atoms with Gasteiger partial charge < -0.3 is 10.3 Å². The van der Waals surface area contributed by atoms with Gasteiger partial charge in [-0.15, -0.1) is 0 Å². The zero-order valence-electron chi connectivity index (χ0n) is 9.20. The number of nitrogens with one attached hydrogen (secondary N) is 2. The molecule has 2 N–H and O–H groups in total. The Morgan fingerprint density at radius 2 is 1.83 bits per heavy atom. The summed E-state index contributed by atoms with van der Waals surface area (Å²) in [4.78, 5) is 3.51. The van der Waals surface area contributed by atoms with Crippen LogP contribution in [0.2, 0.25) is 18.6 Å². The molecule has 0 amide bonds. The monoisotopic (exact) mass is 188 g/mol. The van der Waals surface area contributed by atoms with E-state index in [-0.39, 0.29) is 0 Å². The molecule has 2 nitrogen and oxygen atoms in total. The number of hydrogen-bond donors (Lipinski definition) is 2. The molecule has 1 atom stereocenters. The van der Waals surface area contributed by atoms with Crippen LogP contribution in [0.1, 0.15) is 19.8 Å². The lowest BCUT2D eigenvalue weighted by molar-refractivity contribution is 0.640. The van der Waals surface area contributed by atoms with E-state index in [9.17, 15) is 0 Å². The van der Waals surface area contributed by atoms with Crippen molar-refractivity contribution >= 4 is 8.24 Å². The highest BCUT2D eigenvalue weighted by atomic mass is 28.3. The Labute approximate surface area is 78.2 Å². The summed E-state index contributed by atoms with van der Waals surface area (Å²) in [7, 11) is 3.00. The van der Waals surface area contributed by atoms with Crippen molar-refractivity contribution in [3.8, 4) is 0 Å². The highest BCUT2D eigenvalue weighted by molar-refractivity contribution is 6.76. The van der Waals surface area contributed by atoms with Crippen LogP contribution < -0.4 is 10.3 Å². The summed E-state index contributed by atoms with van der Waals surface area (Å²) in [5.41, 5.74) is 0.898. The molecule has 0 aliphatic heterocycles. The third-order valence-electron chi connectivity index (χ3n) is 2.90. The third kappa shape index (κ3) is 3.69. The van der Waals surface area contributed by atoms with Crippen LogP contribution >= 0.6 is 0 Å². The van der Waals surface area contributed by atoms with Gasteiger partial charge in [0.1, 0.15) is 8.24 Å². The molecule has 0 radical (unpaired) electrons. The average Bonchev–Trinajstić information content (AvgIpc) is 2.05. The molecule has 0 aromatic heterocycles. The average molecular weight is 188 g/mol. The van der Waals surface area contributed by atoms with Gasteiger partial charge in [-0.3, -0.25) is 0 Å². The molecule has 0 aliphatic carbocycles. The van der Waals surface area contributed by atoms with Crippen molar-refractivity contribution in [3.63, 3.8) is 0 Å². The van der Waals surface area contributed by atoms with Crippen LogP contribution in [0.3, 0.4) is 0 Å². The van der Waals surface area contributed by atoms with Gasteiger partial charge in [-0.2, -0.15) is 0 Å². The van der Waals surface area contributed by atoms with E-state index in [4.69, 9.17) is 0 Å². The standard InChI is InChI=1S/C9H24N2Si/c1-6-9(7-8-10-2)12(4,5)11-3/h9-11H,6-8H2,1-5H3. The second-order valence-corrected chi connectivity index (χ2v) is 8.73. The lowest BCUT2D eigenvalue weighted by Gasteiger charge is -2.31. The van der Waals surface area contributed by atoms with Gasteiger partial charge in [-0.05, 0) is 32.6 Å². The Morgan fingerprint density at radius 3 is 2.17 bits per heavy atom. The zero-order chi connectivity index (χ0) is 9.61. The van der Waals surface area contributed by atoms with Crippen molar-refractivity contribution in [3.05, 3.63) is 0 Å². The van der Waals surface area contributed by atoms with Crippen molar-refractivity contribution in [1.82, 2.24) is 10.3 Å². The first-order valence-electron chi connectivity index (χ1n) is 4.92. The van der Waals surface area contributed by atoms with E-state index < -0.39 is 8.24 Å². The van der Waals surface area contributed by atoms with Gasteiger partial charge in [-0.25, -0.2) is 0 Å². The molecule has 0 saturated carbocycles. The minimum absolute atomic E-state index is 0.898. The summed E-state index contributed by atoms with van der Waals surface area (Å²) < 4.78 is 0. The smallest absolute Gasteiger partial charge is 0.122 e. The summed E-state index contributed by atoms with van der Waals surface area (Å²) in [6.07, 6.45) is 2.62. The van der Waals surface area contributed by atoms with Crippen LogP contribution in [0, 0.1) is 0 Å². The SMILES string of the molecule is CCC(CCNC)[Si](C)(C)NC. The van der Waals surface area contributed by atoms with Crippen molar-refractivity contribution in [2.24, 2.45) is 0 Å². The molecular formula is C9H24N2Si. The van der Waals surface area contributed by atoms with Crippen LogP contribution in [0.15, 0.2) is 0 Å². The van der Waals surface area contributed by atoms with Crippen molar-refractivity contribution in [2.75, 3.05) is 20.6 Å². The van der Waals surface area contributed by atoms with Crippen LogP contribution in [0.5, 0.6) is 0 Å². The fraction of sp³-hybridized carbons (Fsp3) is 1.00. The maximum atomic E-state index is 3.51. The molecule has 74 valence electrons. The first-order chi connectivity index (χ1) is 5.58. The van der Waals surface area contributed by atoms with Gasteiger partial charge in [0.2, 0.25) is 0 Å². The van der Waals surface area contributed by atoms with Gasteiger partial charge in [0.05, 0.1) is 0 Å². The van der Waals surface area contributed by atoms with Gasteiger partial charge in [0.15, 0.2) is 0 Å². The van der Waals surface area contributed by atoms with Crippen molar-refractivity contribution in [1.29, 1.82) is 0 Å².